The highest BCUT2D eigenvalue weighted by Crippen LogP contribution is 2.29. The predicted molar refractivity (Wildman–Crippen MR) is 115 cm³/mol. The van der Waals surface area contributed by atoms with Crippen LogP contribution in [0.25, 0.3) is 0 Å². The number of nitrogens with zero attached hydrogens (tertiary/aromatic N) is 2. The zero-order valence-corrected chi connectivity index (χ0v) is 18.2. The molecular formula is C22H27ClN2O3S. The Morgan fingerprint density at radius 1 is 1.07 bits per heavy atom. The van der Waals surface area contributed by atoms with Gasteiger partial charge in [0.05, 0.1) is 5.02 Å². The van der Waals surface area contributed by atoms with Gasteiger partial charge in [-0.1, -0.05) is 54.1 Å². The van der Waals surface area contributed by atoms with E-state index >= 15 is 0 Å². The maximum absolute atomic E-state index is 12.8. The van der Waals surface area contributed by atoms with Gasteiger partial charge in [-0.15, -0.1) is 0 Å². The molecule has 0 aromatic heterocycles. The summed E-state index contributed by atoms with van der Waals surface area (Å²) in [6.45, 7) is 1.53. The summed E-state index contributed by atoms with van der Waals surface area (Å²) in [4.78, 5) is 14.4. The van der Waals surface area contributed by atoms with Crippen LogP contribution >= 0.6 is 11.6 Å². The van der Waals surface area contributed by atoms with Crippen molar-refractivity contribution in [2.45, 2.75) is 37.1 Å². The summed E-state index contributed by atoms with van der Waals surface area (Å²) in [6, 6.07) is 16.5. The summed E-state index contributed by atoms with van der Waals surface area (Å²) in [7, 11) is -1.74. The van der Waals surface area contributed by atoms with Crippen molar-refractivity contribution in [3.63, 3.8) is 0 Å². The summed E-state index contributed by atoms with van der Waals surface area (Å²) in [5.74, 6) is 0.488. The molecule has 3 rings (SSSR count). The Hall–Kier alpha value is -1.89. The Labute approximate surface area is 178 Å². The Balaban J connectivity index is 1.47. The van der Waals surface area contributed by atoms with Crippen LogP contribution in [-0.4, -0.2) is 43.7 Å². The number of carbonyl (C=O) groups excluding carboxylic acids is 1. The van der Waals surface area contributed by atoms with Crippen LogP contribution in [0, 0.1) is 5.92 Å². The molecular weight excluding hydrogens is 408 g/mol. The summed E-state index contributed by atoms with van der Waals surface area (Å²) in [5.41, 5.74) is 1.11. The topological polar surface area (TPSA) is 57.7 Å². The molecule has 0 bridgehead atoms. The van der Waals surface area contributed by atoms with E-state index in [1.54, 1.807) is 29.2 Å². The van der Waals surface area contributed by atoms with Gasteiger partial charge in [-0.2, -0.15) is 4.31 Å². The summed E-state index contributed by atoms with van der Waals surface area (Å²) in [6.07, 6.45) is 2.81. The van der Waals surface area contributed by atoms with Crippen LogP contribution in [-0.2, 0) is 21.4 Å². The predicted octanol–water partition coefficient (Wildman–Crippen LogP) is 4.18. The highest BCUT2D eigenvalue weighted by molar-refractivity contribution is 7.89. The first-order valence-electron chi connectivity index (χ1n) is 9.90. The second-order valence-corrected chi connectivity index (χ2v) is 9.87. The number of rotatable bonds is 7. The Bertz CT molecular complexity index is 926. The highest BCUT2D eigenvalue weighted by Gasteiger charge is 2.30. The summed E-state index contributed by atoms with van der Waals surface area (Å²) < 4.78 is 27.2. The molecule has 0 aliphatic carbocycles. The molecule has 2 aromatic rings. The number of piperidine rings is 1. The summed E-state index contributed by atoms with van der Waals surface area (Å²) in [5, 5.41) is 0.252. The van der Waals surface area contributed by atoms with E-state index in [0.29, 0.717) is 32.0 Å². The van der Waals surface area contributed by atoms with Gasteiger partial charge in [-0.3, -0.25) is 4.79 Å². The van der Waals surface area contributed by atoms with Crippen molar-refractivity contribution in [2.75, 3.05) is 20.1 Å². The van der Waals surface area contributed by atoms with Gasteiger partial charge in [-0.05, 0) is 42.9 Å². The van der Waals surface area contributed by atoms with Gasteiger partial charge in [-0.25, -0.2) is 8.42 Å². The van der Waals surface area contributed by atoms with E-state index in [1.807, 2.05) is 37.4 Å². The third-order valence-corrected chi connectivity index (χ3v) is 7.88. The lowest BCUT2D eigenvalue weighted by Crippen LogP contribution is -2.38. The number of halogens is 1. The number of benzene rings is 2. The number of carbonyl (C=O) groups is 1. The van der Waals surface area contributed by atoms with Crippen LogP contribution in [0.4, 0.5) is 0 Å². The molecule has 156 valence electrons. The van der Waals surface area contributed by atoms with Gasteiger partial charge in [0.2, 0.25) is 15.9 Å². The molecule has 2 aromatic carbocycles. The zero-order chi connectivity index (χ0) is 20.9. The molecule has 1 aliphatic rings. The van der Waals surface area contributed by atoms with Gasteiger partial charge in [0.15, 0.2) is 0 Å². The Morgan fingerprint density at radius 3 is 2.34 bits per heavy atom. The van der Waals surface area contributed by atoms with Crippen LogP contribution in [0.3, 0.4) is 0 Å². The molecule has 1 heterocycles. The van der Waals surface area contributed by atoms with Crippen molar-refractivity contribution in [1.82, 2.24) is 9.21 Å². The quantitative estimate of drug-likeness (QED) is 0.656. The fourth-order valence-electron chi connectivity index (χ4n) is 3.70. The van der Waals surface area contributed by atoms with Crippen molar-refractivity contribution < 1.29 is 13.2 Å². The SMILES string of the molecule is CN(Cc1ccccc1)C(=O)CCC1CCN(S(=O)(=O)c2ccccc2Cl)CC1. The van der Waals surface area contributed by atoms with Gasteiger partial charge in [0, 0.05) is 33.1 Å². The third-order valence-electron chi connectivity index (χ3n) is 5.48. The zero-order valence-electron chi connectivity index (χ0n) is 16.6. The average Bonchev–Trinajstić information content (AvgIpc) is 2.73. The maximum atomic E-state index is 12.8. The van der Waals surface area contributed by atoms with E-state index in [1.165, 1.54) is 4.31 Å². The van der Waals surface area contributed by atoms with Crippen LogP contribution < -0.4 is 0 Å². The number of amides is 1. The van der Waals surface area contributed by atoms with Crippen LogP contribution in [0.1, 0.15) is 31.2 Å². The van der Waals surface area contributed by atoms with Crippen LogP contribution in [0.2, 0.25) is 5.02 Å². The van der Waals surface area contributed by atoms with Crippen molar-refractivity contribution in [1.29, 1.82) is 0 Å². The fraction of sp³-hybridized carbons (Fsp3) is 0.409. The molecule has 29 heavy (non-hydrogen) atoms. The third kappa shape index (κ3) is 5.59. The molecule has 7 heteroatoms. The van der Waals surface area contributed by atoms with Crippen molar-refractivity contribution in [3.05, 3.63) is 65.2 Å². The highest BCUT2D eigenvalue weighted by atomic mass is 35.5. The Kier molecular flexibility index (Phi) is 7.33. The minimum Gasteiger partial charge on any atom is -0.341 e. The van der Waals surface area contributed by atoms with Crippen molar-refractivity contribution in [2.24, 2.45) is 5.92 Å². The molecule has 0 atom stereocenters. The molecule has 0 radical (unpaired) electrons. The molecule has 1 amide bonds. The fourth-order valence-corrected chi connectivity index (χ4v) is 5.66. The van der Waals surface area contributed by atoms with E-state index < -0.39 is 10.0 Å². The van der Waals surface area contributed by atoms with Crippen molar-refractivity contribution >= 4 is 27.5 Å². The van der Waals surface area contributed by atoms with Gasteiger partial charge < -0.3 is 4.90 Å². The van der Waals surface area contributed by atoms with E-state index in [-0.39, 0.29) is 15.8 Å². The first-order valence-corrected chi connectivity index (χ1v) is 11.7. The number of sulfonamides is 1. The lowest BCUT2D eigenvalue weighted by molar-refractivity contribution is -0.130. The van der Waals surface area contributed by atoms with Crippen LogP contribution in [0.5, 0.6) is 0 Å². The lowest BCUT2D eigenvalue weighted by Gasteiger charge is -2.31. The van der Waals surface area contributed by atoms with E-state index in [2.05, 4.69) is 0 Å². The second-order valence-electron chi connectivity index (χ2n) is 7.55. The smallest absolute Gasteiger partial charge is 0.244 e. The molecule has 1 aliphatic heterocycles. The van der Waals surface area contributed by atoms with Gasteiger partial charge in [0.25, 0.3) is 0 Å². The minimum absolute atomic E-state index is 0.125. The minimum atomic E-state index is -3.57. The second kappa shape index (κ2) is 9.74. The molecule has 1 saturated heterocycles. The maximum Gasteiger partial charge on any atom is 0.244 e. The van der Waals surface area contributed by atoms with Gasteiger partial charge in [0.1, 0.15) is 4.90 Å². The molecule has 0 unspecified atom stereocenters. The lowest BCUT2D eigenvalue weighted by atomic mass is 9.93. The summed E-state index contributed by atoms with van der Waals surface area (Å²) >= 11 is 6.08. The Morgan fingerprint density at radius 2 is 1.69 bits per heavy atom. The standard InChI is InChI=1S/C22H27ClN2O3S/c1-24(17-19-7-3-2-4-8-19)22(26)12-11-18-13-15-25(16-14-18)29(27,28)21-10-6-5-9-20(21)23/h2-10,18H,11-17H2,1H3. The van der Waals surface area contributed by atoms with E-state index in [4.69, 9.17) is 11.6 Å². The van der Waals surface area contributed by atoms with Crippen LogP contribution in [0.15, 0.2) is 59.5 Å². The van der Waals surface area contributed by atoms with Crippen molar-refractivity contribution in [3.8, 4) is 0 Å². The monoisotopic (exact) mass is 434 g/mol. The first kappa shape index (κ1) is 21.8. The molecule has 0 N–H and O–H groups in total. The van der Waals surface area contributed by atoms with E-state index in [0.717, 1.165) is 24.8 Å². The molecule has 1 fully saturated rings. The normalized spacial score (nSPS) is 15.9. The molecule has 0 spiro atoms. The number of hydrogen-bond donors (Lipinski definition) is 0. The largest absolute Gasteiger partial charge is 0.341 e. The first-order chi connectivity index (χ1) is 13.9. The number of hydrogen-bond acceptors (Lipinski definition) is 3. The van der Waals surface area contributed by atoms with Gasteiger partial charge >= 0.3 is 0 Å². The van der Waals surface area contributed by atoms with E-state index in [9.17, 15) is 13.2 Å². The average molecular weight is 435 g/mol. The molecule has 0 saturated carbocycles. The molecule has 5 nitrogen and oxygen atoms in total.